The van der Waals surface area contributed by atoms with Gasteiger partial charge >= 0.3 is 27.0 Å². The van der Waals surface area contributed by atoms with Crippen LogP contribution in [-0.4, -0.2) is 37.1 Å². The van der Waals surface area contributed by atoms with Gasteiger partial charge < -0.3 is 52.5 Å². The number of rotatable bonds is 6. The molecule has 1 aromatic rings. The summed E-state index contributed by atoms with van der Waals surface area (Å²) in [6.07, 6.45) is 0. The molecule has 0 fully saturated rings. The molecule has 0 amide bonds. The van der Waals surface area contributed by atoms with Gasteiger partial charge in [-0.3, -0.25) is 0 Å². The number of halogens is 2. The summed E-state index contributed by atoms with van der Waals surface area (Å²) in [5, 5.41) is 0. The molecule has 1 aromatic carbocycles. The van der Waals surface area contributed by atoms with E-state index in [9.17, 15) is 4.79 Å². The Morgan fingerprint density at radius 2 is 1.55 bits per heavy atom. The van der Waals surface area contributed by atoms with E-state index in [1.165, 1.54) is 0 Å². The number of nitrogens with zero attached hydrogens (tertiary/aromatic N) is 1. The van der Waals surface area contributed by atoms with Crippen molar-refractivity contribution < 1.29 is 55.4 Å². The van der Waals surface area contributed by atoms with E-state index in [2.05, 4.69) is 18.7 Å². The van der Waals surface area contributed by atoms with Crippen LogP contribution < -0.4 is 42.8 Å². The SMILES string of the molecule is CCN(CC)CCOC(=O)c1ccc(N)cc1.N.N.[Cl-].[Cl-].[Pt+2]. The fourth-order valence-electron chi connectivity index (χ4n) is 1.51. The molecule has 8 N–H and O–H groups in total. The topological polar surface area (TPSA) is 126 Å². The molecular formula is C13H26Cl2N4O2Pt. The number of ether oxygens (including phenoxy) is 1. The number of esters is 1. The summed E-state index contributed by atoms with van der Waals surface area (Å²) in [6.45, 7) is 7.31. The van der Waals surface area contributed by atoms with Crippen molar-refractivity contribution in [1.29, 1.82) is 0 Å². The summed E-state index contributed by atoms with van der Waals surface area (Å²) in [5.41, 5.74) is 6.73. The molecule has 0 radical (unpaired) electrons. The average molecular weight is 536 g/mol. The summed E-state index contributed by atoms with van der Waals surface area (Å²) >= 11 is 0. The zero-order valence-corrected chi connectivity index (χ0v) is 16.7. The van der Waals surface area contributed by atoms with Crippen LogP contribution in [0.5, 0.6) is 0 Å². The van der Waals surface area contributed by atoms with Crippen molar-refractivity contribution >= 4 is 11.7 Å². The fourth-order valence-corrected chi connectivity index (χ4v) is 1.51. The van der Waals surface area contributed by atoms with E-state index in [1.807, 2.05) is 0 Å². The molecule has 9 heteroatoms. The number of carbonyl (C=O) groups is 1. The molecule has 0 spiro atoms. The Labute approximate surface area is 159 Å². The largest absolute Gasteiger partial charge is 2.00 e. The molecule has 0 aliphatic rings. The summed E-state index contributed by atoms with van der Waals surface area (Å²) in [4.78, 5) is 13.8. The number of carbonyl (C=O) groups excluding carboxylic acids is 1. The quantitative estimate of drug-likeness (QED) is 0.252. The molecule has 22 heavy (non-hydrogen) atoms. The molecule has 0 aliphatic heterocycles. The van der Waals surface area contributed by atoms with E-state index in [1.54, 1.807) is 24.3 Å². The minimum atomic E-state index is -0.294. The first-order chi connectivity index (χ1) is 8.17. The van der Waals surface area contributed by atoms with Gasteiger partial charge in [0.2, 0.25) is 0 Å². The van der Waals surface area contributed by atoms with Gasteiger partial charge in [-0.25, -0.2) is 4.79 Å². The predicted octanol–water partition coefficient (Wildman–Crippen LogP) is -3.90. The van der Waals surface area contributed by atoms with Gasteiger partial charge in [0.1, 0.15) is 6.61 Å². The zero-order valence-electron chi connectivity index (χ0n) is 13.0. The van der Waals surface area contributed by atoms with Gasteiger partial charge in [-0.1, -0.05) is 13.8 Å². The first-order valence-corrected chi connectivity index (χ1v) is 5.92. The van der Waals surface area contributed by atoms with E-state index >= 15 is 0 Å². The molecule has 0 atom stereocenters. The Balaban J connectivity index is -0.000000193. The minimum absolute atomic E-state index is 0. The molecule has 0 unspecified atom stereocenters. The number of nitrogen functional groups attached to an aromatic ring is 1. The summed E-state index contributed by atoms with van der Waals surface area (Å²) in [6, 6.07) is 6.74. The fraction of sp³-hybridized carbons (Fsp3) is 0.462. The van der Waals surface area contributed by atoms with Crippen molar-refractivity contribution in [3.05, 3.63) is 29.8 Å². The first-order valence-electron chi connectivity index (χ1n) is 5.92. The van der Waals surface area contributed by atoms with Crippen LogP contribution in [0.1, 0.15) is 24.2 Å². The van der Waals surface area contributed by atoms with Crippen molar-refractivity contribution in [1.82, 2.24) is 17.2 Å². The van der Waals surface area contributed by atoms with Crippen molar-refractivity contribution in [3.8, 4) is 0 Å². The third kappa shape index (κ3) is 12.2. The standard InChI is InChI=1S/C13H20N2O2.2ClH.2H3N.Pt/c1-3-15(4-2)9-10-17-13(16)11-5-7-12(14)8-6-11;;;;;/h5-8H,3-4,9-10,14H2,1-2H3;2*1H;2*1H3;/q;;;;;+2/p-2. The molecule has 0 saturated carbocycles. The number of likely N-dealkylation sites (N-methyl/N-ethyl adjacent to an activating group) is 1. The maximum absolute atomic E-state index is 11.6. The van der Waals surface area contributed by atoms with Gasteiger partial charge in [0.05, 0.1) is 5.56 Å². The third-order valence-electron chi connectivity index (χ3n) is 2.68. The van der Waals surface area contributed by atoms with E-state index in [4.69, 9.17) is 10.5 Å². The summed E-state index contributed by atoms with van der Waals surface area (Å²) < 4.78 is 5.18. The number of benzene rings is 1. The Hall–Kier alpha value is -0.362. The summed E-state index contributed by atoms with van der Waals surface area (Å²) in [7, 11) is 0. The van der Waals surface area contributed by atoms with Crippen molar-refractivity contribution in [3.63, 3.8) is 0 Å². The zero-order chi connectivity index (χ0) is 12.7. The van der Waals surface area contributed by atoms with E-state index < -0.39 is 0 Å². The van der Waals surface area contributed by atoms with Crippen LogP contribution in [0, 0.1) is 0 Å². The Kier molecular flexibility index (Phi) is 28.3. The molecule has 0 heterocycles. The molecule has 1 rings (SSSR count). The molecule has 0 saturated heterocycles. The van der Waals surface area contributed by atoms with Crippen molar-refractivity contribution in [2.24, 2.45) is 0 Å². The molecule has 6 nitrogen and oxygen atoms in total. The van der Waals surface area contributed by atoms with Crippen LogP contribution in [0.15, 0.2) is 24.3 Å². The average Bonchev–Trinajstić information content (AvgIpc) is 2.35. The van der Waals surface area contributed by atoms with E-state index in [0.29, 0.717) is 17.9 Å². The third-order valence-corrected chi connectivity index (χ3v) is 2.68. The molecule has 0 bridgehead atoms. The number of hydrogen-bond donors (Lipinski definition) is 3. The van der Waals surface area contributed by atoms with Crippen molar-refractivity contribution in [2.75, 3.05) is 32.0 Å². The maximum atomic E-state index is 11.6. The van der Waals surface area contributed by atoms with Crippen molar-refractivity contribution in [2.45, 2.75) is 13.8 Å². The monoisotopic (exact) mass is 535 g/mol. The molecule has 134 valence electrons. The second kappa shape index (κ2) is 18.7. The predicted molar refractivity (Wildman–Crippen MR) is 79.0 cm³/mol. The molecular weight excluding hydrogens is 510 g/mol. The normalized spacial score (nSPS) is 8.14. The van der Waals surface area contributed by atoms with Gasteiger partial charge in [0.25, 0.3) is 0 Å². The van der Waals surface area contributed by atoms with Crippen LogP contribution in [0.3, 0.4) is 0 Å². The van der Waals surface area contributed by atoms with Gasteiger partial charge in [0.15, 0.2) is 0 Å². The molecule has 0 aliphatic carbocycles. The van der Waals surface area contributed by atoms with E-state index in [0.717, 1.165) is 19.6 Å². The van der Waals surface area contributed by atoms with Gasteiger partial charge in [-0.2, -0.15) is 0 Å². The van der Waals surface area contributed by atoms with E-state index in [-0.39, 0.29) is 64.1 Å². The van der Waals surface area contributed by atoms with Crippen LogP contribution in [0.4, 0.5) is 5.69 Å². The van der Waals surface area contributed by atoms with Gasteiger partial charge in [-0.05, 0) is 37.4 Å². The second-order valence-corrected chi connectivity index (χ2v) is 3.78. The van der Waals surface area contributed by atoms with Crippen LogP contribution in [0.25, 0.3) is 0 Å². The Morgan fingerprint density at radius 3 is 1.95 bits per heavy atom. The van der Waals surface area contributed by atoms with Gasteiger partial charge in [-0.15, -0.1) is 0 Å². The minimum Gasteiger partial charge on any atom is -1.00 e. The molecule has 0 aromatic heterocycles. The van der Waals surface area contributed by atoms with Gasteiger partial charge in [0, 0.05) is 12.2 Å². The van der Waals surface area contributed by atoms with Crippen LogP contribution in [0.2, 0.25) is 0 Å². The van der Waals surface area contributed by atoms with Crippen LogP contribution in [-0.2, 0) is 25.8 Å². The Bertz CT molecular complexity index is 366. The second-order valence-electron chi connectivity index (χ2n) is 3.78. The number of anilines is 1. The number of hydrogen-bond acceptors (Lipinski definition) is 6. The smallest absolute Gasteiger partial charge is 1.00 e. The van der Waals surface area contributed by atoms with Crippen LogP contribution >= 0.6 is 0 Å². The summed E-state index contributed by atoms with van der Waals surface area (Å²) in [5.74, 6) is -0.294. The Morgan fingerprint density at radius 1 is 1.09 bits per heavy atom. The first kappa shape index (κ1) is 33.3. The number of nitrogens with two attached hydrogens (primary N) is 1. The maximum Gasteiger partial charge on any atom is 2.00 e.